The van der Waals surface area contributed by atoms with Gasteiger partial charge in [-0.25, -0.2) is 9.97 Å². The Hall–Kier alpha value is -1.20. The maximum atomic E-state index is 4.76. The lowest BCUT2D eigenvalue weighted by molar-refractivity contribution is 0.264. The van der Waals surface area contributed by atoms with Crippen LogP contribution >= 0.6 is 0 Å². The third-order valence-electron chi connectivity index (χ3n) is 4.80. The summed E-state index contributed by atoms with van der Waals surface area (Å²) in [5.74, 6) is 1.58. The van der Waals surface area contributed by atoms with Crippen LogP contribution in [0.1, 0.15) is 36.7 Å². The van der Waals surface area contributed by atoms with Crippen LogP contribution in [0.3, 0.4) is 0 Å². The Kier molecular flexibility index (Phi) is 4.70. The number of likely N-dealkylation sites (N-methyl/N-ethyl adjacent to an activating group) is 1. The summed E-state index contributed by atoms with van der Waals surface area (Å²) < 4.78 is 0. The third kappa shape index (κ3) is 3.52. The summed E-state index contributed by atoms with van der Waals surface area (Å²) in [6.07, 6.45) is 3.55. The molecule has 116 valence electrons. The van der Waals surface area contributed by atoms with E-state index in [-0.39, 0.29) is 0 Å². The molecule has 0 unspecified atom stereocenters. The van der Waals surface area contributed by atoms with Gasteiger partial charge >= 0.3 is 0 Å². The number of nitrogens with one attached hydrogen (secondary N) is 2. The smallest absolute Gasteiger partial charge is 0.223 e. The molecule has 0 amide bonds. The van der Waals surface area contributed by atoms with Gasteiger partial charge in [0.25, 0.3) is 0 Å². The molecule has 5 heteroatoms. The van der Waals surface area contributed by atoms with E-state index in [9.17, 15) is 0 Å². The van der Waals surface area contributed by atoms with Crippen molar-refractivity contribution in [1.29, 1.82) is 0 Å². The second-order valence-corrected chi connectivity index (χ2v) is 6.25. The van der Waals surface area contributed by atoms with Gasteiger partial charge in [-0.2, -0.15) is 0 Å². The summed E-state index contributed by atoms with van der Waals surface area (Å²) in [6, 6.07) is 0. The predicted molar refractivity (Wildman–Crippen MR) is 85.5 cm³/mol. The predicted octanol–water partition coefficient (Wildman–Crippen LogP) is 1.57. The second kappa shape index (κ2) is 6.71. The molecule has 5 nitrogen and oxygen atoms in total. The average molecular weight is 289 g/mol. The van der Waals surface area contributed by atoms with Crippen LogP contribution in [0.25, 0.3) is 0 Å². The number of anilines is 1. The lowest BCUT2D eigenvalue weighted by Gasteiger charge is -2.28. The third-order valence-corrected chi connectivity index (χ3v) is 4.80. The molecule has 1 saturated heterocycles. The van der Waals surface area contributed by atoms with E-state index in [1.807, 2.05) is 0 Å². The number of hydrogen-bond acceptors (Lipinski definition) is 5. The minimum Gasteiger partial charge on any atom is -0.354 e. The number of fused-ring (bicyclic) bond motifs is 1. The van der Waals surface area contributed by atoms with E-state index < -0.39 is 0 Å². The Bertz CT molecular complexity index is 482. The molecule has 2 N–H and O–H groups in total. The zero-order valence-corrected chi connectivity index (χ0v) is 13.3. The van der Waals surface area contributed by atoms with Crippen molar-refractivity contribution >= 4 is 5.95 Å². The molecular weight excluding hydrogens is 262 g/mol. The standard InChI is InChI=1S/C16H27N5/c1-3-21-9-6-15-14(11-21)12(2)19-16(20-15)18-10-13-4-7-17-8-5-13/h13,17H,3-11H2,1-2H3,(H,18,19,20). The van der Waals surface area contributed by atoms with Crippen LogP contribution in [0.15, 0.2) is 0 Å². The Labute approximate surface area is 127 Å². The zero-order valence-electron chi connectivity index (χ0n) is 13.3. The first-order valence-corrected chi connectivity index (χ1v) is 8.29. The van der Waals surface area contributed by atoms with E-state index in [0.717, 1.165) is 63.2 Å². The number of hydrogen-bond donors (Lipinski definition) is 2. The van der Waals surface area contributed by atoms with Crippen LogP contribution in [0, 0.1) is 12.8 Å². The molecule has 1 fully saturated rings. The first-order valence-electron chi connectivity index (χ1n) is 8.29. The molecule has 0 atom stereocenters. The molecule has 1 aromatic rings. The van der Waals surface area contributed by atoms with Gasteiger partial charge < -0.3 is 10.6 Å². The van der Waals surface area contributed by atoms with Crippen LogP contribution in [0.2, 0.25) is 0 Å². The molecule has 0 spiro atoms. The van der Waals surface area contributed by atoms with Crippen LogP contribution < -0.4 is 10.6 Å². The van der Waals surface area contributed by atoms with E-state index in [2.05, 4.69) is 34.4 Å². The highest BCUT2D eigenvalue weighted by molar-refractivity contribution is 5.35. The number of aromatic nitrogens is 2. The topological polar surface area (TPSA) is 53.1 Å². The largest absolute Gasteiger partial charge is 0.354 e. The molecule has 2 aliphatic rings. The Morgan fingerprint density at radius 3 is 2.86 bits per heavy atom. The van der Waals surface area contributed by atoms with E-state index in [1.165, 1.54) is 24.1 Å². The maximum absolute atomic E-state index is 4.76. The van der Waals surface area contributed by atoms with Gasteiger partial charge in [0.1, 0.15) is 0 Å². The molecule has 3 heterocycles. The highest BCUT2D eigenvalue weighted by atomic mass is 15.2. The van der Waals surface area contributed by atoms with Gasteiger partial charge in [0.15, 0.2) is 0 Å². The second-order valence-electron chi connectivity index (χ2n) is 6.25. The number of nitrogens with zero attached hydrogens (tertiary/aromatic N) is 3. The lowest BCUT2D eigenvalue weighted by Crippen LogP contribution is -2.33. The van der Waals surface area contributed by atoms with Crippen LogP contribution in [0.5, 0.6) is 0 Å². The SMILES string of the molecule is CCN1CCc2nc(NCC3CCNCC3)nc(C)c2C1. The summed E-state index contributed by atoms with van der Waals surface area (Å²) in [6.45, 7) is 10.9. The normalized spacial score (nSPS) is 20.3. The zero-order chi connectivity index (χ0) is 14.7. The van der Waals surface area contributed by atoms with Crippen molar-refractivity contribution in [3.8, 4) is 0 Å². The quantitative estimate of drug-likeness (QED) is 0.881. The monoisotopic (exact) mass is 289 g/mol. The fourth-order valence-corrected chi connectivity index (χ4v) is 3.31. The van der Waals surface area contributed by atoms with Crippen molar-refractivity contribution in [3.63, 3.8) is 0 Å². The summed E-state index contributed by atoms with van der Waals surface area (Å²) in [5, 5.41) is 6.88. The number of rotatable bonds is 4. The van der Waals surface area contributed by atoms with Crippen LogP contribution in [0.4, 0.5) is 5.95 Å². The number of piperidine rings is 1. The Morgan fingerprint density at radius 1 is 1.29 bits per heavy atom. The van der Waals surface area contributed by atoms with Crippen molar-refractivity contribution < 1.29 is 0 Å². The fraction of sp³-hybridized carbons (Fsp3) is 0.750. The van der Waals surface area contributed by atoms with Crippen LogP contribution in [-0.2, 0) is 13.0 Å². The Balaban J connectivity index is 1.65. The number of aryl methyl sites for hydroxylation is 1. The van der Waals surface area contributed by atoms with E-state index >= 15 is 0 Å². The van der Waals surface area contributed by atoms with Crippen LogP contribution in [-0.4, -0.2) is 47.6 Å². The molecule has 21 heavy (non-hydrogen) atoms. The molecular formula is C16H27N5. The first-order chi connectivity index (χ1) is 10.3. The molecule has 0 aliphatic carbocycles. The van der Waals surface area contributed by atoms with Crippen molar-refractivity contribution in [2.24, 2.45) is 5.92 Å². The minimum atomic E-state index is 0.752. The summed E-state index contributed by atoms with van der Waals surface area (Å²) in [5.41, 5.74) is 3.74. The van der Waals surface area contributed by atoms with Gasteiger partial charge in [0.05, 0.1) is 5.69 Å². The van der Waals surface area contributed by atoms with Crippen molar-refractivity contribution in [2.75, 3.05) is 38.0 Å². The van der Waals surface area contributed by atoms with Gasteiger partial charge in [-0.1, -0.05) is 6.92 Å². The van der Waals surface area contributed by atoms with Crippen molar-refractivity contribution in [1.82, 2.24) is 20.2 Å². The molecule has 0 aromatic carbocycles. The summed E-state index contributed by atoms with van der Waals surface area (Å²) in [4.78, 5) is 11.9. The molecule has 2 aliphatic heterocycles. The van der Waals surface area contributed by atoms with E-state index in [0.29, 0.717) is 0 Å². The molecule has 0 saturated carbocycles. The minimum absolute atomic E-state index is 0.752. The van der Waals surface area contributed by atoms with Gasteiger partial charge in [-0.15, -0.1) is 0 Å². The van der Waals surface area contributed by atoms with Crippen molar-refractivity contribution in [3.05, 3.63) is 17.0 Å². The lowest BCUT2D eigenvalue weighted by atomic mass is 9.98. The summed E-state index contributed by atoms with van der Waals surface area (Å²) >= 11 is 0. The molecule has 1 aromatic heterocycles. The summed E-state index contributed by atoms with van der Waals surface area (Å²) in [7, 11) is 0. The first kappa shape index (κ1) is 14.7. The van der Waals surface area contributed by atoms with Gasteiger partial charge in [-0.3, -0.25) is 4.90 Å². The molecule has 3 rings (SSSR count). The van der Waals surface area contributed by atoms with Gasteiger partial charge in [0, 0.05) is 37.3 Å². The Morgan fingerprint density at radius 2 is 2.10 bits per heavy atom. The van der Waals surface area contributed by atoms with E-state index in [1.54, 1.807) is 0 Å². The molecule has 0 bridgehead atoms. The maximum Gasteiger partial charge on any atom is 0.223 e. The highest BCUT2D eigenvalue weighted by Crippen LogP contribution is 2.21. The average Bonchev–Trinajstić information content (AvgIpc) is 2.54. The molecule has 0 radical (unpaired) electrons. The highest BCUT2D eigenvalue weighted by Gasteiger charge is 2.20. The van der Waals surface area contributed by atoms with Gasteiger partial charge in [0.2, 0.25) is 5.95 Å². The van der Waals surface area contributed by atoms with Crippen molar-refractivity contribution in [2.45, 2.75) is 39.7 Å². The van der Waals surface area contributed by atoms with E-state index in [4.69, 9.17) is 4.98 Å². The van der Waals surface area contributed by atoms with Gasteiger partial charge in [-0.05, 0) is 45.3 Å². The fourth-order valence-electron chi connectivity index (χ4n) is 3.31.